The van der Waals surface area contributed by atoms with Crippen LogP contribution in [-0.2, 0) is 11.2 Å². The molecule has 0 bridgehead atoms. The normalized spacial score (nSPS) is 15.5. The number of rotatable bonds is 6. The zero-order valence-corrected chi connectivity index (χ0v) is 18.9. The number of carbonyl (C=O) groups is 1. The highest BCUT2D eigenvalue weighted by atomic mass is 32.2. The van der Waals surface area contributed by atoms with Crippen LogP contribution in [0.2, 0.25) is 0 Å². The van der Waals surface area contributed by atoms with Crippen LogP contribution in [0.15, 0.2) is 64.4 Å². The van der Waals surface area contributed by atoms with Gasteiger partial charge in [0.2, 0.25) is 0 Å². The zero-order chi connectivity index (χ0) is 22.0. The Morgan fingerprint density at radius 3 is 2.58 bits per heavy atom. The van der Waals surface area contributed by atoms with Crippen molar-refractivity contribution in [3.05, 3.63) is 81.1 Å². The number of amides is 1. The largest absolute Gasteiger partial charge is 0.369 e. The Morgan fingerprint density at radius 2 is 1.87 bits per heavy atom. The first kappa shape index (κ1) is 21.3. The summed E-state index contributed by atoms with van der Waals surface area (Å²) in [6, 6.07) is 15.4. The molecule has 0 spiro atoms. The Kier molecular flexibility index (Phi) is 6.20. The average Bonchev–Trinajstić information content (AvgIpc) is 3.04. The number of pyridine rings is 1. The van der Waals surface area contributed by atoms with E-state index < -0.39 is 0 Å². The first-order valence-electron chi connectivity index (χ1n) is 10.0. The van der Waals surface area contributed by atoms with Crippen molar-refractivity contribution in [2.24, 2.45) is 0 Å². The Labute approximate surface area is 190 Å². The van der Waals surface area contributed by atoms with Crippen LogP contribution in [0.3, 0.4) is 0 Å². The second-order valence-corrected chi connectivity index (χ2v) is 9.09. The summed E-state index contributed by atoms with van der Waals surface area (Å²) in [7, 11) is 0. The fraction of sp³-hybridized carbons (Fsp3) is 0.217. The van der Waals surface area contributed by atoms with Crippen LogP contribution in [0.1, 0.15) is 25.0 Å². The van der Waals surface area contributed by atoms with E-state index in [4.69, 9.17) is 12.2 Å². The summed E-state index contributed by atoms with van der Waals surface area (Å²) in [5.41, 5.74) is 1.84. The number of thiocarbonyl (C=S) groups is 1. The molecule has 3 heterocycles. The van der Waals surface area contributed by atoms with E-state index in [1.165, 1.54) is 21.7 Å². The van der Waals surface area contributed by atoms with Gasteiger partial charge >= 0.3 is 0 Å². The highest BCUT2D eigenvalue weighted by Crippen LogP contribution is 2.34. The fourth-order valence-electron chi connectivity index (χ4n) is 3.39. The minimum absolute atomic E-state index is 0.0438. The lowest BCUT2D eigenvalue weighted by atomic mass is 10.1. The number of carbonyl (C=O) groups excluding carboxylic acids is 1. The first-order valence-corrected chi connectivity index (χ1v) is 11.2. The molecule has 1 amide bonds. The van der Waals surface area contributed by atoms with Crippen LogP contribution < -0.4 is 10.9 Å². The zero-order valence-electron chi connectivity index (χ0n) is 17.2. The molecule has 0 unspecified atom stereocenters. The summed E-state index contributed by atoms with van der Waals surface area (Å²) in [4.78, 5) is 32.7. The number of aromatic nitrogens is 2. The molecule has 2 aromatic heterocycles. The Hall–Kier alpha value is -2.97. The summed E-state index contributed by atoms with van der Waals surface area (Å²) < 4.78 is 1.98. The lowest BCUT2D eigenvalue weighted by Gasteiger charge is -2.18. The van der Waals surface area contributed by atoms with E-state index in [0.717, 1.165) is 6.42 Å². The third-order valence-electron chi connectivity index (χ3n) is 4.93. The van der Waals surface area contributed by atoms with Crippen molar-refractivity contribution in [3.8, 4) is 0 Å². The SMILES string of the molecule is CC(C)N1C(=O)/C(=C\c2c(NCCc3ccccc3)nc3ccccn3c2=O)SC1=S. The third-order valence-corrected chi connectivity index (χ3v) is 6.26. The third kappa shape index (κ3) is 4.40. The highest BCUT2D eigenvalue weighted by molar-refractivity contribution is 8.26. The molecule has 0 aliphatic carbocycles. The van der Waals surface area contributed by atoms with Gasteiger partial charge in [-0.3, -0.25) is 18.9 Å². The molecule has 4 rings (SSSR count). The van der Waals surface area contributed by atoms with Gasteiger partial charge in [-0.25, -0.2) is 4.98 Å². The van der Waals surface area contributed by atoms with E-state index in [-0.39, 0.29) is 17.5 Å². The number of hydrogen-bond acceptors (Lipinski definition) is 6. The van der Waals surface area contributed by atoms with Crippen LogP contribution in [0.5, 0.6) is 0 Å². The number of anilines is 1. The van der Waals surface area contributed by atoms with E-state index in [1.54, 1.807) is 29.3 Å². The van der Waals surface area contributed by atoms with E-state index in [2.05, 4.69) is 22.4 Å². The molecular weight excluding hydrogens is 428 g/mol. The van der Waals surface area contributed by atoms with E-state index in [1.807, 2.05) is 38.1 Å². The van der Waals surface area contributed by atoms with Crippen LogP contribution in [0, 0.1) is 0 Å². The highest BCUT2D eigenvalue weighted by Gasteiger charge is 2.34. The summed E-state index contributed by atoms with van der Waals surface area (Å²) in [5, 5.41) is 3.29. The summed E-state index contributed by atoms with van der Waals surface area (Å²) >= 11 is 6.58. The molecule has 1 aromatic carbocycles. The molecule has 0 radical (unpaired) electrons. The Balaban J connectivity index is 1.72. The second kappa shape index (κ2) is 9.03. The Bertz CT molecular complexity index is 1240. The van der Waals surface area contributed by atoms with Gasteiger partial charge in [-0.1, -0.05) is 60.4 Å². The molecule has 1 N–H and O–H groups in total. The van der Waals surface area contributed by atoms with Crippen molar-refractivity contribution in [3.63, 3.8) is 0 Å². The maximum Gasteiger partial charge on any atom is 0.267 e. The number of thioether (sulfide) groups is 1. The topological polar surface area (TPSA) is 66.7 Å². The molecule has 1 saturated heterocycles. The van der Waals surface area contributed by atoms with Gasteiger partial charge in [0.25, 0.3) is 11.5 Å². The minimum atomic E-state index is -0.234. The molecule has 8 heteroatoms. The lowest BCUT2D eigenvalue weighted by molar-refractivity contribution is -0.123. The van der Waals surface area contributed by atoms with Gasteiger partial charge in [0.15, 0.2) is 0 Å². The first-order chi connectivity index (χ1) is 15.0. The summed E-state index contributed by atoms with van der Waals surface area (Å²) in [6.45, 7) is 4.43. The predicted octanol–water partition coefficient (Wildman–Crippen LogP) is 3.96. The van der Waals surface area contributed by atoms with Crippen LogP contribution >= 0.6 is 24.0 Å². The van der Waals surface area contributed by atoms with E-state index >= 15 is 0 Å². The summed E-state index contributed by atoms with van der Waals surface area (Å²) in [5.74, 6) is 0.278. The molecular formula is C23H22N4O2S2. The van der Waals surface area contributed by atoms with E-state index in [0.29, 0.717) is 32.8 Å². The average molecular weight is 451 g/mol. The second-order valence-electron chi connectivity index (χ2n) is 7.42. The maximum absolute atomic E-state index is 13.2. The van der Waals surface area contributed by atoms with Crippen molar-refractivity contribution in [2.45, 2.75) is 26.3 Å². The van der Waals surface area contributed by atoms with Crippen LogP contribution in [0.4, 0.5) is 5.82 Å². The van der Waals surface area contributed by atoms with Crippen LogP contribution in [-0.4, -0.2) is 37.1 Å². The van der Waals surface area contributed by atoms with Gasteiger partial charge in [-0.05, 0) is 44.0 Å². The monoisotopic (exact) mass is 450 g/mol. The van der Waals surface area contributed by atoms with Crippen molar-refractivity contribution in [1.82, 2.24) is 14.3 Å². The molecule has 158 valence electrons. The van der Waals surface area contributed by atoms with Gasteiger partial charge in [0.05, 0.1) is 10.5 Å². The molecule has 1 aliphatic rings. The lowest BCUT2D eigenvalue weighted by Crippen LogP contribution is -2.34. The van der Waals surface area contributed by atoms with E-state index in [9.17, 15) is 9.59 Å². The van der Waals surface area contributed by atoms with Crippen LogP contribution in [0.25, 0.3) is 11.7 Å². The molecule has 0 atom stereocenters. The Morgan fingerprint density at radius 1 is 1.13 bits per heavy atom. The molecule has 1 aliphatic heterocycles. The number of nitrogens with zero attached hydrogens (tertiary/aromatic N) is 3. The number of nitrogens with one attached hydrogen (secondary N) is 1. The van der Waals surface area contributed by atoms with Gasteiger partial charge < -0.3 is 5.32 Å². The smallest absolute Gasteiger partial charge is 0.267 e. The molecule has 6 nitrogen and oxygen atoms in total. The molecule has 1 fully saturated rings. The maximum atomic E-state index is 13.2. The fourth-order valence-corrected chi connectivity index (χ4v) is 4.90. The quantitative estimate of drug-likeness (QED) is 0.453. The van der Waals surface area contributed by atoms with Gasteiger partial charge in [0.1, 0.15) is 15.8 Å². The predicted molar refractivity (Wildman–Crippen MR) is 130 cm³/mol. The summed E-state index contributed by atoms with van der Waals surface area (Å²) in [6.07, 6.45) is 4.07. The van der Waals surface area contributed by atoms with Crippen molar-refractivity contribution in [1.29, 1.82) is 0 Å². The van der Waals surface area contributed by atoms with Crippen molar-refractivity contribution >= 4 is 51.7 Å². The standard InChI is InChI=1S/C23H22N4O2S2/c1-15(2)27-22(29)18(31-23(27)30)14-17-20(24-12-11-16-8-4-3-5-9-16)25-19-10-6-7-13-26(19)21(17)28/h3-10,13-15,24H,11-12H2,1-2H3/b18-14+. The van der Waals surface area contributed by atoms with Crippen molar-refractivity contribution in [2.75, 3.05) is 11.9 Å². The van der Waals surface area contributed by atoms with Gasteiger partial charge in [-0.2, -0.15) is 0 Å². The van der Waals surface area contributed by atoms with Gasteiger partial charge in [-0.15, -0.1) is 0 Å². The molecule has 31 heavy (non-hydrogen) atoms. The van der Waals surface area contributed by atoms with Crippen molar-refractivity contribution < 1.29 is 4.79 Å². The minimum Gasteiger partial charge on any atom is -0.369 e. The molecule has 3 aromatic rings. The van der Waals surface area contributed by atoms with Gasteiger partial charge in [0, 0.05) is 18.8 Å². The number of hydrogen-bond donors (Lipinski definition) is 1. The number of fused-ring (bicyclic) bond motifs is 1. The molecule has 0 saturated carbocycles. The number of benzene rings is 1.